The molecule has 2 unspecified atom stereocenters. The van der Waals surface area contributed by atoms with Crippen LogP contribution >= 0.6 is 0 Å². The lowest BCUT2D eigenvalue weighted by atomic mass is 10.0. The number of carboxylic acid groups (broad SMARTS) is 1. The van der Waals surface area contributed by atoms with E-state index in [0.717, 1.165) is 12.0 Å². The molecule has 18 heavy (non-hydrogen) atoms. The monoisotopic (exact) mass is 253 g/mol. The predicted octanol–water partition coefficient (Wildman–Crippen LogP) is 3.07. The average Bonchev–Trinajstić information content (AvgIpc) is 2.30. The Bertz CT molecular complexity index is 409. The number of hydrogen-bond acceptors (Lipinski definition) is 2. The van der Waals surface area contributed by atoms with Gasteiger partial charge in [0.2, 0.25) is 0 Å². The van der Waals surface area contributed by atoms with E-state index in [-0.39, 0.29) is 11.9 Å². The van der Waals surface area contributed by atoms with Crippen LogP contribution in [-0.4, -0.2) is 29.1 Å². The maximum Gasteiger partial charge on any atom is 0.320 e. The molecule has 3 nitrogen and oxygen atoms in total. The van der Waals surface area contributed by atoms with Gasteiger partial charge in [-0.25, -0.2) is 4.39 Å². The molecular weight excluding hydrogens is 233 g/mol. The Morgan fingerprint density at radius 3 is 2.50 bits per heavy atom. The standard InChI is InChI=1S/C14H20FNO2/c1-4-12(10-7-6-8-11(15)9-10)16(3)13(5-2)14(17)18/h6-9,12-13H,4-5H2,1-3H3,(H,17,18). The highest BCUT2D eigenvalue weighted by atomic mass is 19.1. The van der Waals surface area contributed by atoms with Gasteiger partial charge < -0.3 is 5.11 Å². The molecule has 0 radical (unpaired) electrons. The normalized spacial score (nSPS) is 14.5. The molecule has 1 aromatic carbocycles. The largest absolute Gasteiger partial charge is 0.480 e. The van der Waals surface area contributed by atoms with E-state index >= 15 is 0 Å². The first-order valence-corrected chi connectivity index (χ1v) is 6.21. The Morgan fingerprint density at radius 2 is 2.06 bits per heavy atom. The first kappa shape index (κ1) is 14.6. The van der Waals surface area contributed by atoms with Crippen molar-refractivity contribution in [1.29, 1.82) is 0 Å². The molecule has 1 N–H and O–H groups in total. The predicted molar refractivity (Wildman–Crippen MR) is 68.9 cm³/mol. The summed E-state index contributed by atoms with van der Waals surface area (Å²) in [6.07, 6.45) is 1.27. The van der Waals surface area contributed by atoms with Crippen molar-refractivity contribution in [3.05, 3.63) is 35.6 Å². The van der Waals surface area contributed by atoms with Crippen LogP contribution in [0.2, 0.25) is 0 Å². The third-order valence-corrected chi connectivity index (χ3v) is 3.28. The van der Waals surface area contributed by atoms with Crippen molar-refractivity contribution in [1.82, 2.24) is 4.90 Å². The van der Waals surface area contributed by atoms with Crippen LogP contribution in [0.1, 0.15) is 38.3 Å². The van der Waals surface area contributed by atoms with Crippen molar-refractivity contribution in [2.24, 2.45) is 0 Å². The molecule has 100 valence electrons. The summed E-state index contributed by atoms with van der Waals surface area (Å²) in [6.45, 7) is 3.81. The molecular formula is C14H20FNO2. The summed E-state index contributed by atoms with van der Waals surface area (Å²) < 4.78 is 13.2. The molecule has 0 fully saturated rings. The number of halogens is 1. The van der Waals surface area contributed by atoms with Gasteiger partial charge >= 0.3 is 5.97 Å². The molecule has 0 aromatic heterocycles. The fraction of sp³-hybridized carbons (Fsp3) is 0.500. The van der Waals surface area contributed by atoms with Crippen molar-refractivity contribution >= 4 is 5.97 Å². The highest BCUT2D eigenvalue weighted by molar-refractivity contribution is 5.73. The van der Waals surface area contributed by atoms with Gasteiger partial charge in [-0.1, -0.05) is 26.0 Å². The van der Waals surface area contributed by atoms with E-state index in [1.165, 1.54) is 12.1 Å². The molecule has 1 aromatic rings. The van der Waals surface area contributed by atoms with Crippen molar-refractivity contribution in [3.63, 3.8) is 0 Å². The molecule has 0 aliphatic carbocycles. The van der Waals surface area contributed by atoms with Crippen LogP contribution < -0.4 is 0 Å². The van der Waals surface area contributed by atoms with Gasteiger partial charge in [0.15, 0.2) is 0 Å². The van der Waals surface area contributed by atoms with E-state index < -0.39 is 12.0 Å². The summed E-state index contributed by atoms with van der Waals surface area (Å²) in [6, 6.07) is 5.73. The quantitative estimate of drug-likeness (QED) is 0.847. The van der Waals surface area contributed by atoms with Crippen LogP contribution in [0.3, 0.4) is 0 Å². The maximum absolute atomic E-state index is 13.2. The first-order chi connectivity index (χ1) is 8.51. The number of benzene rings is 1. The fourth-order valence-electron chi connectivity index (χ4n) is 2.33. The van der Waals surface area contributed by atoms with Crippen LogP contribution in [-0.2, 0) is 4.79 Å². The second-order valence-corrected chi connectivity index (χ2v) is 4.41. The van der Waals surface area contributed by atoms with Crippen LogP contribution in [0, 0.1) is 5.82 Å². The van der Waals surface area contributed by atoms with Gasteiger partial charge in [-0.2, -0.15) is 0 Å². The van der Waals surface area contributed by atoms with E-state index in [1.807, 2.05) is 19.9 Å². The molecule has 4 heteroatoms. The Morgan fingerprint density at radius 1 is 1.39 bits per heavy atom. The lowest BCUT2D eigenvalue weighted by molar-refractivity contribution is -0.143. The average molecular weight is 253 g/mol. The molecule has 0 bridgehead atoms. The first-order valence-electron chi connectivity index (χ1n) is 6.21. The zero-order valence-electron chi connectivity index (χ0n) is 11.1. The third-order valence-electron chi connectivity index (χ3n) is 3.28. The summed E-state index contributed by atoms with van der Waals surface area (Å²) in [5.41, 5.74) is 0.819. The van der Waals surface area contributed by atoms with E-state index in [2.05, 4.69) is 0 Å². The number of likely N-dealkylation sites (N-methyl/N-ethyl adjacent to an activating group) is 1. The van der Waals surface area contributed by atoms with Gasteiger partial charge in [0, 0.05) is 6.04 Å². The minimum atomic E-state index is -0.838. The third kappa shape index (κ3) is 3.29. The van der Waals surface area contributed by atoms with Crippen molar-refractivity contribution in [3.8, 4) is 0 Å². The fourth-order valence-corrected chi connectivity index (χ4v) is 2.33. The van der Waals surface area contributed by atoms with Gasteiger partial charge in [-0.3, -0.25) is 9.69 Å². The second kappa shape index (κ2) is 6.50. The Balaban J connectivity index is 2.99. The number of hydrogen-bond donors (Lipinski definition) is 1. The number of carbonyl (C=O) groups is 1. The minimum Gasteiger partial charge on any atom is -0.480 e. The van der Waals surface area contributed by atoms with Gasteiger partial charge in [0.1, 0.15) is 11.9 Å². The van der Waals surface area contributed by atoms with Crippen LogP contribution in [0.25, 0.3) is 0 Å². The molecule has 1 rings (SSSR count). The van der Waals surface area contributed by atoms with E-state index in [4.69, 9.17) is 0 Å². The smallest absolute Gasteiger partial charge is 0.320 e. The van der Waals surface area contributed by atoms with Crippen molar-refractivity contribution < 1.29 is 14.3 Å². The number of nitrogens with zero attached hydrogens (tertiary/aromatic N) is 1. The van der Waals surface area contributed by atoms with Crippen LogP contribution in [0.4, 0.5) is 4.39 Å². The summed E-state index contributed by atoms with van der Waals surface area (Å²) in [5.74, 6) is -1.13. The number of aliphatic carboxylic acids is 1. The van der Waals surface area contributed by atoms with Crippen LogP contribution in [0.15, 0.2) is 24.3 Å². The molecule has 0 amide bonds. The van der Waals surface area contributed by atoms with Crippen LogP contribution in [0.5, 0.6) is 0 Å². The molecule has 0 saturated carbocycles. The Labute approximate surface area is 107 Å². The van der Waals surface area contributed by atoms with E-state index in [0.29, 0.717) is 6.42 Å². The Kier molecular flexibility index (Phi) is 5.28. The summed E-state index contributed by atoms with van der Waals surface area (Å²) in [5, 5.41) is 9.17. The highest BCUT2D eigenvalue weighted by Gasteiger charge is 2.26. The second-order valence-electron chi connectivity index (χ2n) is 4.41. The molecule has 2 atom stereocenters. The lowest BCUT2D eigenvalue weighted by Crippen LogP contribution is -2.40. The van der Waals surface area contributed by atoms with Crippen molar-refractivity contribution in [2.45, 2.75) is 38.8 Å². The number of carboxylic acids is 1. The van der Waals surface area contributed by atoms with E-state index in [1.54, 1.807) is 18.0 Å². The maximum atomic E-state index is 13.2. The summed E-state index contributed by atoms with van der Waals surface area (Å²) in [4.78, 5) is 13.0. The SMILES string of the molecule is CCC(C(=O)O)N(C)C(CC)c1cccc(F)c1. The molecule has 0 aliphatic rings. The van der Waals surface area contributed by atoms with Gasteiger partial charge in [-0.05, 0) is 37.6 Å². The van der Waals surface area contributed by atoms with Gasteiger partial charge in [0.25, 0.3) is 0 Å². The summed E-state index contributed by atoms with van der Waals surface area (Å²) >= 11 is 0. The van der Waals surface area contributed by atoms with Gasteiger partial charge in [-0.15, -0.1) is 0 Å². The molecule has 0 saturated heterocycles. The zero-order chi connectivity index (χ0) is 13.7. The van der Waals surface area contributed by atoms with Crippen molar-refractivity contribution in [2.75, 3.05) is 7.05 Å². The lowest BCUT2D eigenvalue weighted by Gasteiger charge is -2.32. The highest BCUT2D eigenvalue weighted by Crippen LogP contribution is 2.26. The van der Waals surface area contributed by atoms with E-state index in [9.17, 15) is 14.3 Å². The minimum absolute atomic E-state index is 0.0817. The topological polar surface area (TPSA) is 40.5 Å². The summed E-state index contributed by atoms with van der Waals surface area (Å²) in [7, 11) is 1.78. The molecule has 0 aliphatic heterocycles. The molecule has 0 heterocycles. The Hall–Kier alpha value is -1.42. The molecule has 0 spiro atoms. The number of rotatable bonds is 6. The van der Waals surface area contributed by atoms with Gasteiger partial charge in [0.05, 0.1) is 0 Å². The zero-order valence-corrected chi connectivity index (χ0v) is 11.1.